The molecule has 0 saturated heterocycles. The van der Waals surface area contributed by atoms with Crippen molar-refractivity contribution in [2.45, 2.75) is 45.3 Å². The van der Waals surface area contributed by atoms with Crippen LogP contribution in [0.2, 0.25) is 0 Å². The summed E-state index contributed by atoms with van der Waals surface area (Å²) in [6.07, 6.45) is 2.60. The lowest BCUT2D eigenvalue weighted by Crippen LogP contribution is -2.43. The quantitative estimate of drug-likeness (QED) is 0.597. The number of hydrogen-bond acceptors (Lipinski definition) is 3. The van der Waals surface area contributed by atoms with Gasteiger partial charge in [-0.05, 0) is 37.3 Å². The minimum absolute atomic E-state index is 0.208. The Kier molecular flexibility index (Phi) is 7.72. The van der Waals surface area contributed by atoms with Crippen LogP contribution in [0.25, 0.3) is 0 Å². The number of aliphatic hydroxyl groups excluding tert-OH is 1. The molecule has 19 heavy (non-hydrogen) atoms. The summed E-state index contributed by atoms with van der Waals surface area (Å²) >= 11 is 0. The molecule has 0 spiro atoms. The Bertz CT molecular complexity index is 327. The SMILES string of the molecule is CC(C)CCCNC[C@@H](O)[C@@H](N)Cc1ccccc1. The number of rotatable bonds is 9. The van der Waals surface area contributed by atoms with Gasteiger partial charge in [-0.15, -0.1) is 0 Å². The molecule has 1 aromatic rings. The molecule has 3 nitrogen and oxygen atoms in total. The molecule has 0 radical (unpaired) electrons. The minimum Gasteiger partial charge on any atom is -0.390 e. The first-order chi connectivity index (χ1) is 9.09. The fourth-order valence-corrected chi connectivity index (χ4v) is 2.06. The molecule has 0 aliphatic carbocycles. The van der Waals surface area contributed by atoms with E-state index in [-0.39, 0.29) is 6.04 Å². The average molecular weight is 264 g/mol. The van der Waals surface area contributed by atoms with Crippen LogP contribution in [0.15, 0.2) is 30.3 Å². The molecule has 0 aliphatic heterocycles. The highest BCUT2D eigenvalue weighted by molar-refractivity contribution is 5.16. The molecule has 0 aromatic heterocycles. The summed E-state index contributed by atoms with van der Waals surface area (Å²) in [5, 5.41) is 13.3. The predicted molar refractivity (Wildman–Crippen MR) is 81.1 cm³/mol. The minimum atomic E-state index is -0.487. The van der Waals surface area contributed by atoms with Gasteiger partial charge in [0.15, 0.2) is 0 Å². The molecule has 1 aromatic carbocycles. The zero-order valence-electron chi connectivity index (χ0n) is 12.2. The number of aliphatic hydroxyl groups is 1. The first-order valence-electron chi connectivity index (χ1n) is 7.28. The van der Waals surface area contributed by atoms with E-state index in [1.807, 2.05) is 30.3 Å². The normalized spacial score (nSPS) is 14.6. The van der Waals surface area contributed by atoms with Crippen molar-refractivity contribution in [2.24, 2.45) is 11.7 Å². The van der Waals surface area contributed by atoms with E-state index < -0.39 is 6.10 Å². The first-order valence-corrected chi connectivity index (χ1v) is 7.28. The van der Waals surface area contributed by atoms with Crippen LogP contribution in [-0.2, 0) is 6.42 Å². The highest BCUT2D eigenvalue weighted by Crippen LogP contribution is 2.05. The Morgan fingerprint density at radius 3 is 2.53 bits per heavy atom. The van der Waals surface area contributed by atoms with Gasteiger partial charge < -0.3 is 16.2 Å². The Hall–Kier alpha value is -0.900. The molecule has 108 valence electrons. The zero-order chi connectivity index (χ0) is 14.1. The highest BCUT2D eigenvalue weighted by atomic mass is 16.3. The average Bonchev–Trinajstić information content (AvgIpc) is 2.38. The second kappa shape index (κ2) is 9.08. The van der Waals surface area contributed by atoms with E-state index in [9.17, 15) is 5.11 Å². The largest absolute Gasteiger partial charge is 0.390 e. The van der Waals surface area contributed by atoms with Crippen LogP contribution in [0, 0.1) is 5.92 Å². The Morgan fingerprint density at radius 2 is 1.89 bits per heavy atom. The molecule has 3 heteroatoms. The summed E-state index contributed by atoms with van der Waals surface area (Å²) in [4.78, 5) is 0. The summed E-state index contributed by atoms with van der Waals surface area (Å²) in [6, 6.07) is 9.87. The van der Waals surface area contributed by atoms with Crippen molar-refractivity contribution in [1.29, 1.82) is 0 Å². The second-order valence-corrected chi connectivity index (χ2v) is 5.66. The first kappa shape index (κ1) is 16.2. The van der Waals surface area contributed by atoms with E-state index in [2.05, 4.69) is 19.2 Å². The van der Waals surface area contributed by atoms with E-state index in [1.54, 1.807) is 0 Å². The predicted octanol–water partition coefficient (Wildman–Crippen LogP) is 1.94. The molecular formula is C16H28N2O. The van der Waals surface area contributed by atoms with E-state index in [0.29, 0.717) is 6.54 Å². The molecule has 0 fully saturated rings. The van der Waals surface area contributed by atoms with E-state index in [0.717, 1.165) is 25.3 Å². The lowest BCUT2D eigenvalue weighted by atomic mass is 10.0. The number of benzene rings is 1. The van der Waals surface area contributed by atoms with Gasteiger partial charge in [0.05, 0.1) is 6.10 Å². The van der Waals surface area contributed by atoms with Crippen LogP contribution in [0.3, 0.4) is 0 Å². The van der Waals surface area contributed by atoms with Gasteiger partial charge in [-0.1, -0.05) is 44.2 Å². The fraction of sp³-hybridized carbons (Fsp3) is 0.625. The maximum absolute atomic E-state index is 10.0. The Morgan fingerprint density at radius 1 is 1.21 bits per heavy atom. The smallest absolute Gasteiger partial charge is 0.0818 e. The van der Waals surface area contributed by atoms with Crippen molar-refractivity contribution in [3.8, 4) is 0 Å². The van der Waals surface area contributed by atoms with Gasteiger partial charge in [0.25, 0.3) is 0 Å². The number of nitrogens with one attached hydrogen (secondary N) is 1. The van der Waals surface area contributed by atoms with E-state index >= 15 is 0 Å². The monoisotopic (exact) mass is 264 g/mol. The van der Waals surface area contributed by atoms with Gasteiger partial charge in [0.1, 0.15) is 0 Å². The number of nitrogens with two attached hydrogens (primary N) is 1. The molecule has 0 heterocycles. The van der Waals surface area contributed by atoms with Crippen molar-refractivity contribution >= 4 is 0 Å². The third kappa shape index (κ3) is 7.31. The molecule has 2 atom stereocenters. The van der Waals surface area contributed by atoms with Gasteiger partial charge in [0, 0.05) is 12.6 Å². The van der Waals surface area contributed by atoms with Gasteiger partial charge >= 0.3 is 0 Å². The van der Waals surface area contributed by atoms with Gasteiger partial charge in [0.2, 0.25) is 0 Å². The summed E-state index contributed by atoms with van der Waals surface area (Å²) < 4.78 is 0. The Labute approximate surface area is 117 Å². The number of hydrogen-bond donors (Lipinski definition) is 3. The lowest BCUT2D eigenvalue weighted by Gasteiger charge is -2.19. The molecule has 0 saturated carbocycles. The van der Waals surface area contributed by atoms with Crippen molar-refractivity contribution in [3.63, 3.8) is 0 Å². The van der Waals surface area contributed by atoms with E-state index in [4.69, 9.17) is 5.73 Å². The molecule has 0 unspecified atom stereocenters. The third-order valence-electron chi connectivity index (χ3n) is 3.30. The summed E-state index contributed by atoms with van der Waals surface area (Å²) in [5.41, 5.74) is 7.20. The van der Waals surface area contributed by atoms with E-state index in [1.165, 1.54) is 12.0 Å². The molecule has 0 aliphatic rings. The van der Waals surface area contributed by atoms with Crippen LogP contribution < -0.4 is 11.1 Å². The standard InChI is InChI=1S/C16H28N2O/c1-13(2)7-6-10-18-12-16(19)15(17)11-14-8-4-3-5-9-14/h3-5,8-9,13,15-16,18-19H,6-7,10-12,17H2,1-2H3/t15-,16+/m0/s1. The van der Waals surface area contributed by atoms with Crippen LogP contribution in [-0.4, -0.2) is 30.3 Å². The molecule has 0 bridgehead atoms. The van der Waals surface area contributed by atoms with Gasteiger partial charge in [-0.3, -0.25) is 0 Å². The maximum atomic E-state index is 10.0. The summed E-state index contributed by atoms with van der Waals surface area (Å²) in [6.45, 7) is 5.98. The van der Waals surface area contributed by atoms with Crippen molar-refractivity contribution in [2.75, 3.05) is 13.1 Å². The topological polar surface area (TPSA) is 58.3 Å². The van der Waals surface area contributed by atoms with Gasteiger partial charge in [-0.2, -0.15) is 0 Å². The van der Waals surface area contributed by atoms with Crippen LogP contribution >= 0.6 is 0 Å². The summed E-state index contributed by atoms with van der Waals surface area (Å²) in [5.74, 6) is 0.743. The highest BCUT2D eigenvalue weighted by Gasteiger charge is 2.14. The Balaban J connectivity index is 2.16. The van der Waals surface area contributed by atoms with Crippen LogP contribution in [0.5, 0.6) is 0 Å². The van der Waals surface area contributed by atoms with Crippen LogP contribution in [0.4, 0.5) is 0 Å². The maximum Gasteiger partial charge on any atom is 0.0818 e. The second-order valence-electron chi connectivity index (χ2n) is 5.66. The van der Waals surface area contributed by atoms with Crippen molar-refractivity contribution < 1.29 is 5.11 Å². The van der Waals surface area contributed by atoms with Crippen molar-refractivity contribution in [3.05, 3.63) is 35.9 Å². The molecule has 1 rings (SSSR count). The fourth-order valence-electron chi connectivity index (χ4n) is 2.06. The summed E-state index contributed by atoms with van der Waals surface area (Å²) in [7, 11) is 0. The van der Waals surface area contributed by atoms with Crippen molar-refractivity contribution in [1.82, 2.24) is 5.32 Å². The molecular weight excluding hydrogens is 236 g/mol. The lowest BCUT2D eigenvalue weighted by molar-refractivity contribution is 0.141. The molecule has 0 amide bonds. The third-order valence-corrected chi connectivity index (χ3v) is 3.30. The zero-order valence-corrected chi connectivity index (χ0v) is 12.2. The molecule has 4 N–H and O–H groups in total. The van der Waals surface area contributed by atoms with Crippen LogP contribution in [0.1, 0.15) is 32.3 Å². The van der Waals surface area contributed by atoms with Gasteiger partial charge in [-0.25, -0.2) is 0 Å².